The molecule has 0 fully saturated rings. The van der Waals surface area contributed by atoms with Crippen LogP contribution in [0.5, 0.6) is 11.5 Å². The Balaban J connectivity index is 2.40. The molecule has 2 aromatic carbocycles. The van der Waals surface area contributed by atoms with Crippen LogP contribution in [0.3, 0.4) is 0 Å². The Morgan fingerprint density at radius 1 is 1.11 bits per heavy atom. The molecule has 2 rings (SSSR count). The molecule has 0 aliphatic rings. The summed E-state index contributed by atoms with van der Waals surface area (Å²) < 4.78 is 32.5. The number of nitrogen functional groups attached to an aromatic ring is 1. The second kappa shape index (κ2) is 4.94. The van der Waals surface area contributed by atoms with Crippen molar-refractivity contribution in [2.75, 3.05) is 5.73 Å². The minimum absolute atomic E-state index is 0.172. The zero-order valence-electron chi connectivity index (χ0n) is 9.51. The fourth-order valence-electron chi connectivity index (χ4n) is 1.51. The molecule has 0 aliphatic heterocycles. The number of benzene rings is 2. The molecule has 2 N–H and O–H groups in total. The van der Waals surface area contributed by atoms with Gasteiger partial charge in [0.05, 0.1) is 0 Å². The minimum Gasteiger partial charge on any atom is -0.454 e. The second-order valence-corrected chi connectivity index (χ2v) is 4.74. The molecule has 0 atom stereocenters. The zero-order valence-corrected chi connectivity index (χ0v) is 11.1. The van der Waals surface area contributed by atoms with E-state index < -0.39 is 11.6 Å². The molecule has 0 spiro atoms. The van der Waals surface area contributed by atoms with E-state index in [1.165, 1.54) is 6.07 Å². The van der Waals surface area contributed by atoms with Crippen LogP contribution >= 0.6 is 15.9 Å². The van der Waals surface area contributed by atoms with Crippen LogP contribution in [0.4, 0.5) is 14.5 Å². The number of aryl methyl sites for hydroxylation is 1. The van der Waals surface area contributed by atoms with Crippen molar-refractivity contribution in [3.63, 3.8) is 0 Å². The third-order valence-electron chi connectivity index (χ3n) is 2.38. The number of hydrogen-bond donors (Lipinski definition) is 1. The Bertz CT molecular complexity index is 602. The van der Waals surface area contributed by atoms with E-state index in [4.69, 9.17) is 10.5 Å². The quantitative estimate of drug-likeness (QED) is 0.658. The van der Waals surface area contributed by atoms with E-state index in [2.05, 4.69) is 15.9 Å². The molecule has 0 aromatic heterocycles. The third-order valence-corrected chi connectivity index (χ3v) is 2.84. The van der Waals surface area contributed by atoms with Crippen LogP contribution in [0.15, 0.2) is 34.8 Å². The molecule has 0 radical (unpaired) electrons. The topological polar surface area (TPSA) is 35.2 Å². The Morgan fingerprint density at radius 3 is 2.50 bits per heavy atom. The summed E-state index contributed by atoms with van der Waals surface area (Å²) in [4.78, 5) is 0. The van der Waals surface area contributed by atoms with Crippen LogP contribution in [0.1, 0.15) is 5.56 Å². The number of anilines is 1. The summed E-state index contributed by atoms with van der Waals surface area (Å²) in [6.07, 6.45) is 0. The van der Waals surface area contributed by atoms with Gasteiger partial charge in [0.1, 0.15) is 5.75 Å². The summed E-state index contributed by atoms with van der Waals surface area (Å²) >= 11 is 3.08. The van der Waals surface area contributed by atoms with Crippen molar-refractivity contribution in [2.24, 2.45) is 0 Å². The van der Waals surface area contributed by atoms with Crippen LogP contribution in [-0.2, 0) is 0 Å². The highest BCUT2D eigenvalue weighted by Gasteiger charge is 2.13. The van der Waals surface area contributed by atoms with Crippen LogP contribution in [0, 0.1) is 18.6 Å². The molecule has 2 aromatic rings. The minimum atomic E-state index is -1.02. The number of nitrogens with two attached hydrogens (primary N) is 1. The molecule has 2 nitrogen and oxygen atoms in total. The van der Waals surface area contributed by atoms with Gasteiger partial charge in [0.25, 0.3) is 0 Å². The summed E-state index contributed by atoms with van der Waals surface area (Å²) in [5.41, 5.74) is 6.93. The summed E-state index contributed by atoms with van der Waals surface area (Å²) in [5, 5.41) is 0. The molecule has 0 amide bonds. The lowest BCUT2D eigenvalue weighted by atomic mass is 10.2. The van der Waals surface area contributed by atoms with Gasteiger partial charge in [-0.25, -0.2) is 4.39 Å². The third kappa shape index (κ3) is 2.61. The maximum Gasteiger partial charge on any atom is 0.201 e. The van der Waals surface area contributed by atoms with Crippen molar-refractivity contribution in [1.82, 2.24) is 0 Å². The van der Waals surface area contributed by atoms with Crippen LogP contribution < -0.4 is 10.5 Å². The lowest BCUT2D eigenvalue weighted by Gasteiger charge is -2.10. The number of ether oxygens (including phenoxy) is 1. The molecule has 0 saturated carbocycles. The van der Waals surface area contributed by atoms with Crippen LogP contribution in [0.2, 0.25) is 0 Å². The first kappa shape index (κ1) is 12.8. The van der Waals surface area contributed by atoms with Crippen LogP contribution in [0.25, 0.3) is 0 Å². The molecule has 0 heterocycles. The van der Waals surface area contributed by atoms with Crippen molar-refractivity contribution in [2.45, 2.75) is 6.92 Å². The van der Waals surface area contributed by atoms with E-state index in [0.717, 1.165) is 11.6 Å². The van der Waals surface area contributed by atoms with E-state index in [0.29, 0.717) is 15.9 Å². The average molecular weight is 314 g/mol. The second-order valence-electron chi connectivity index (χ2n) is 3.83. The molecular formula is C13H10BrF2NO. The van der Waals surface area contributed by atoms with Gasteiger partial charge in [-0.15, -0.1) is 0 Å². The standard InChI is InChI=1S/C13H10BrF2NO/c1-7-4-9(17)2-3-11(7)18-12-6-8(14)5-10(15)13(12)16/h2-6H,17H2,1H3. The first-order valence-electron chi connectivity index (χ1n) is 5.16. The van der Waals surface area contributed by atoms with Gasteiger partial charge in [0.2, 0.25) is 5.82 Å². The Hall–Kier alpha value is -1.62. The molecule has 0 aliphatic carbocycles. The van der Waals surface area contributed by atoms with Gasteiger partial charge in [0, 0.05) is 10.2 Å². The highest BCUT2D eigenvalue weighted by molar-refractivity contribution is 9.10. The van der Waals surface area contributed by atoms with Crippen molar-refractivity contribution < 1.29 is 13.5 Å². The van der Waals surface area contributed by atoms with Gasteiger partial charge in [-0.05, 0) is 42.8 Å². The Labute approximate surface area is 112 Å². The molecular weight excluding hydrogens is 304 g/mol. The average Bonchev–Trinajstić information content (AvgIpc) is 2.29. The van der Waals surface area contributed by atoms with Gasteiger partial charge in [-0.3, -0.25) is 0 Å². The fourth-order valence-corrected chi connectivity index (χ4v) is 1.92. The maximum absolute atomic E-state index is 13.5. The predicted molar refractivity (Wildman–Crippen MR) is 69.7 cm³/mol. The maximum atomic E-state index is 13.5. The smallest absolute Gasteiger partial charge is 0.201 e. The lowest BCUT2D eigenvalue weighted by Crippen LogP contribution is -1.95. The normalized spacial score (nSPS) is 10.4. The molecule has 94 valence electrons. The largest absolute Gasteiger partial charge is 0.454 e. The fraction of sp³-hybridized carbons (Fsp3) is 0.0769. The van der Waals surface area contributed by atoms with E-state index >= 15 is 0 Å². The number of halogens is 3. The molecule has 5 heteroatoms. The van der Waals surface area contributed by atoms with Crippen molar-refractivity contribution >= 4 is 21.6 Å². The van der Waals surface area contributed by atoms with Gasteiger partial charge in [0.15, 0.2) is 11.6 Å². The number of rotatable bonds is 2. The van der Waals surface area contributed by atoms with E-state index in [1.54, 1.807) is 25.1 Å². The molecule has 18 heavy (non-hydrogen) atoms. The first-order chi connectivity index (χ1) is 8.47. The van der Waals surface area contributed by atoms with Gasteiger partial charge in [-0.1, -0.05) is 15.9 Å². The molecule has 0 bridgehead atoms. The monoisotopic (exact) mass is 313 g/mol. The van der Waals surface area contributed by atoms with Crippen molar-refractivity contribution in [1.29, 1.82) is 0 Å². The summed E-state index contributed by atoms with van der Waals surface area (Å²) in [7, 11) is 0. The zero-order chi connectivity index (χ0) is 13.3. The van der Waals surface area contributed by atoms with Gasteiger partial charge >= 0.3 is 0 Å². The molecule has 0 saturated heterocycles. The molecule has 0 unspecified atom stereocenters. The summed E-state index contributed by atoms with van der Waals surface area (Å²) in [6.45, 7) is 1.78. The lowest BCUT2D eigenvalue weighted by molar-refractivity contribution is 0.413. The first-order valence-corrected chi connectivity index (χ1v) is 5.95. The van der Waals surface area contributed by atoms with Gasteiger partial charge in [-0.2, -0.15) is 4.39 Å². The highest BCUT2D eigenvalue weighted by atomic mass is 79.9. The van der Waals surface area contributed by atoms with Crippen LogP contribution in [-0.4, -0.2) is 0 Å². The van der Waals surface area contributed by atoms with Crippen molar-refractivity contribution in [3.8, 4) is 11.5 Å². The summed E-state index contributed by atoms with van der Waals surface area (Å²) in [5.74, 6) is -1.72. The Kier molecular flexibility index (Phi) is 3.52. The Morgan fingerprint density at radius 2 is 1.83 bits per heavy atom. The van der Waals surface area contributed by atoms with E-state index in [9.17, 15) is 8.78 Å². The summed E-state index contributed by atoms with van der Waals surface area (Å²) in [6, 6.07) is 7.35. The number of hydrogen-bond acceptors (Lipinski definition) is 2. The van der Waals surface area contributed by atoms with Crippen molar-refractivity contribution in [3.05, 3.63) is 52.0 Å². The highest BCUT2D eigenvalue weighted by Crippen LogP contribution is 2.31. The SMILES string of the molecule is Cc1cc(N)ccc1Oc1cc(Br)cc(F)c1F. The van der Waals surface area contributed by atoms with E-state index in [-0.39, 0.29) is 5.75 Å². The van der Waals surface area contributed by atoms with E-state index in [1.807, 2.05) is 0 Å². The predicted octanol–water partition coefficient (Wildman–Crippen LogP) is 4.41. The van der Waals surface area contributed by atoms with Gasteiger partial charge < -0.3 is 10.5 Å².